The number of hydrogen-bond donors (Lipinski definition) is 1. The summed E-state index contributed by atoms with van der Waals surface area (Å²) in [6, 6.07) is 11.5. The van der Waals surface area contributed by atoms with E-state index in [2.05, 4.69) is 11.7 Å². The van der Waals surface area contributed by atoms with Crippen LogP contribution in [0.25, 0.3) is 12.7 Å². The van der Waals surface area contributed by atoms with Gasteiger partial charge in [0, 0.05) is 10.6 Å². The molecule has 0 radical (unpaired) electrons. The van der Waals surface area contributed by atoms with Crippen molar-refractivity contribution in [2.24, 2.45) is 0 Å². The molecule has 138 valence electrons. The topological polar surface area (TPSA) is 73.3 Å². The molecule has 3 rings (SSSR count). The second kappa shape index (κ2) is 7.55. The lowest BCUT2D eigenvalue weighted by atomic mass is 10.1. The van der Waals surface area contributed by atoms with Crippen LogP contribution in [0.4, 0.5) is 0 Å². The standard InChI is InChI=1S/C20H17ClN2O4/c1-12-16(10-13-4-9-17(26-2)18(11-13)27-3)20(25)23(22-12)19(24)14-5-7-15(21)8-6-14/h4-11,22H,1H2,2-3H3/b16-10+. The molecule has 6 nitrogen and oxygen atoms in total. The lowest BCUT2D eigenvalue weighted by molar-refractivity contribution is 0.0941. The molecule has 7 heteroatoms. The molecule has 0 saturated carbocycles. The van der Waals surface area contributed by atoms with Gasteiger partial charge in [0.15, 0.2) is 11.5 Å². The number of methoxy groups -OCH3 is 2. The van der Waals surface area contributed by atoms with E-state index in [-0.39, 0.29) is 5.22 Å². The number of benzene rings is 2. The molecule has 2 aromatic carbocycles. The van der Waals surface area contributed by atoms with Gasteiger partial charge >= 0.3 is 0 Å². The summed E-state index contributed by atoms with van der Waals surface area (Å²) in [6.45, 7) is 3.83. The third-order valence-electron chi connectivity index (χ3n) is 4.02. The van der Waals surface area contributed by atoms with E-state index in [1.165, 1.54) is 7.11 Å². The van der Waals surface area contributed by atoms with E-state index in [4.69, 9.17) is 21.1 Å². The second-order valence-electron chi connectivity index (χ2n) is 5.72. The van der Waals surface area contributed by atoms with Crippen LogP contribution in [0, 0.1) is 0 Å². The Labute approximate surface area is 159 Å². The molecular formula is C20H17ClN2O4. The highest BCUT2D eigenvalue weighted by atomic mass is 35.5. The van der Waals surface area contributed by atoms with Crippen molar-refractivity contribution in [3.05, 3.63) is 79.5 Å². The first-order valence-corrected chi connectivity index (χ1v) is 8.36. The van der Waals surface area contributed by atoms with Crippen molar-refractivity contribution in [1.29, 1.82) is 0 Å². The highest BCUT2D eigenvalue weighted by molar-refractivity contribution is 6.30. The first-order valence-electron chi connectivity index (χ1n) is 7.98. The van der Waals surface area contributed by atoms with Gasteiger partial charge in [0.05, 0.1) is 24.8 Å². The van der Waals surface area contributed by atoms with E-state index in [1.54, 1.807) is 55.7 Å². The summed E-state index contributed by atoms with van der Waals surface area (Å²) in [5.74, 6) is 0.618. The van der Waals surface area contributed by atoms with E-state index in [1.807, 2.05) is 0 Å². The number of aromatic nitrogens is 2. The van der Waals surface area contributed by atoms with Gasteiger partial charge in [-0.15, -0.1) is 0 Å². The first-order chi connectivity index (χ1) is 12.9. The Balaban J connectivity index is 2.07. The third-order valence-corrected chi connectivity index (χ3v) is 4.27. The molecule has 0 aliphatic rings. The molecule has 0 aliphatic heterocycles. The zero-order chi connectivity index (χ0) is 19.6. The summed E-state index contributed by atoms with van der Waals surface area (Å²) in [5, 5.41) is 3.84. The van der Waals surface area contributed by atoms with Crippen LogP contribution in [0.15, 0.2) is 47.3 Å². The minimum atomic E-state index is -0.492. The molecule has 1 N–H and O–H groups in total. The molecule has 0 saturated heterocycles. The van der Waals surface area contributed by atoms with Crippen LogP contribution in [0.3, 0.4) is 0 Å². The number of aromatic amines is 1. The summed E-state index contributed by atoms with van der Waals surface area (Å²) in [5.41, 5.74) is 0.551. The van der Waals surface area contributed by atoms with Crippen molar-refractivity contribution in [1.82, 2.24) is 9.78 Å². The SMILES string of the molecule is C=c1[nH]n(C(=O)c2ccc(Cl)cc2)c(=O)/c1=C/c1ccc(OC)c(OC)c1. The zero-order valence-electron chi connectivity index (χ0n) is 14.8. The second-order valence-corrected chi connectivity index (χ2v) is 6.15. The number of carbonyl (C=O) groups excluding carboxylic acids is 1. The normalized spacial score (nSPS) is 11.4. The molecular weight excluding hydrogens is 368 g/mol. The molecule has 0 atom stereocenters. The van der Waals surface area contributed by atoms with Gasteiger partial charge in [0.1, 0.15) is 0 Å². The molecule has 0 fully saturated rings. The Morgan fingerprint density at radius 3 is 2.41 bits per heavy atom. The van der Waals surface area contributed by atoms with Crippen LogP contribution in [0.2, 0.25) is 5.02 Å². The van der Waals surface area contributed by atoms with Crippen LogP contribution in [-0.2, 0) is 0 Å². The molecule has 3 aromatic rings. The van der Waals surface area contributed by atoms with E-state index < -0.39 is 11.5 Å². The number of nitrogens with zero attached hydrogens (tertiary/aromatic N) is 1. The van der Waals surface area contributed by atoms with Crippen LogP contribution in [0.1, 0.15) is 15.9 Å². The average molecular weight is 385 g/mol. The van der Waals surface area contributed by atoms with Gasteiger partial charge in [0.2, 0.25) is 0 Å². The highest BCUT2D eigenvalue weighted by Crippen LogP contribution is 2.27. The van der Waals surface area contributed by atoms with E-state index in [9.17, 15) is 9.59 Å². The predicted molar refractivity (Wildman–Crippen MR) is 104 cm³/mol. The van der Waals surface area contributed by atoms with Crippen LogP contribution < -0.4 is 25.6 Å². The van der Waals surface area contributed by atoms with Crippen LogP contribution in [-0.4, -0.2) is 29.9 Å². The maximum atomic E-state index is 12.7. The smallest absolute Gasteiger partial charge is 0.281 e. The Bertz CT molecular complexity index is 1160. The van der Waals surface area contributed by atoms with Crippen molar-refractivity contribution in [2.75, 3.05) is 14.2 Å². The number of ether oxygens (including phenoxy) is 2. The maximum absolute atomic E-state index is 12.7. The van der Waals surface area contributed by atoms with Crippen molar-refractivity contribution >= 4 is 30.2 Å². The number of H-pyrrole nitrogens is 1. The van der Waals surface area contributed by atoms with Gasteiger partial charge in [-0.1, -0.05) is 24.2 Å². The molecule has 0 unspecified atom stereocenters. The highest BCUT2D eigenvalue weighted by Gasteiger charge is 2.13. The lowest BCUT2D eigenvalue weighted by Crippen LogP contribution is -2.36. The largest absolute Gasteiger partial charge is 0.493 e. The summed E-state index contributed by atoms with van der Waals surface area (Å²) < 4.78 is 11.4. The third kappa shape index (κ3) is 3.66. The van der Waals surface area contributed by atoms with Gasteiger partial charge in [-0.2, -0.15) is 4.68 Å². The molecule has 0 amide bonds. The zero-order valence-corrected chi connectivity index (χ0v) is 15.5. The number of hydrogen-bond acceptors (Lipinski definition) is 4. The lowest BCUT2D eigenvalue weighted by Gasteiger charge is -2.07. The summed E-state index contributed by atoms with van der Waals surface area (Å²) in [4.78, 5) is 25.3. The van der Waals surface area contributed by atoms with Crippen molar-refractivity contribution in [3.63, 3.8) is 0 Å². The first kappa shape index (κ1) is 18.5. The number of rotatable bonds is 4. The van der Waals surface area contributed by atoms with Crippen LogP contribution >= 0.6 is 11.6 Å². The fourth-order valence-corrected chi connectivity index (χ4v) is 2.74. The predicted octanol–water partition coefficient (Wildman–Crippen LogP) is 1.77. The molecule has 0 spiro atoms. The van der Waals surface area contributed by atoms with Gasteiger partial charge in [-0.3, -0.25) is 14.7 Å². The Morgan fingerprint density at radius 2 is 1.78 bits per heavy atom. The minimum absolute atomic E-state index is 0.282. The Hall–Kier alpha value is -3.25. The van der Waals surface area contributed by atoms with Crippen molar-refractivity contribution in [3.8, 4) is 11.5 Å². The minimum Gasteiger partial charge on any atom is -0.493 e. The monoisotopic (exact) mass is 384 g/mol. The van der Waals surface area contributed by atoms with Gasteiger partial charge in [0.25, 0.3) is 11.5 Å². The van der Waals surface area contributed by atoms with E-state index in [0.717, 1.165) is 4.68 Å². The molecule has 1 heterocycles. The van der Waals surface area contributed by atoms with Crippen molar-refractivity contribution in [2.45, 2.75) is 0 Å². The summed E-state index contributed by atoms with van der Waals surface area (Å²) in [6.07, 6.45) is 1.63. The van der Waals surface area contributed by atoms with Crippen LogP contribution in [0.5, 0.6) is 11.5 Å². The molecule has 1 aromatic heterocycles. The van der Waals surface area contributed by atoms with E-state index >= 15 is 0 Å². The van der Waals surface area contributed by atoms with Gasteiger partial charge in [-0.25, -0.2) is 0 Å². The number of nitrogens with one attached hydrogen (secondary N) is 1. The van der Waals surface area contributed by atoms with Gasteiger partial charge < -0.3 is 9.47 Å². The molecule has 0 aliphatic carbocycles. The summed E-state index contributed by atoms with van der Waals surface area (Å²) >= 11 is 5.84. The Morgan fingerprint density at radius 1 is 1.11 bits per heavy atom. The van der Waals surface area contributed by atoms with Gasteiger partial charge in [-0.05, 0) is 48.0 Å². The average Bonchev–Trinajstić information content (AvgIpc) is 2.96. The number of halogens is 1. The molecule has 27 heavy (non-hydrogen) atoms. The number of carbonyl (C=O) groups is 1. The quantitative estimate of drug-likeness (QED) is 0.744. The molecule has 0 bridgehead atoms. The van der Waals surface area contributed by atoms with E-state index in [0.29, 0.717) is 33.0 Å². The Kier molecular flexibility index (Phi) is 5.19. The fraction of sp³-hybridized carbons (Fsp3) is 0.100. The maximum Gasteiger partial charge on any atom is 0.281 e. The summed E-state index contributed by atoms with van der Waals surface area (Å²) in [7, 11) is 3.07. The van der Waals surface area contributed by atoms with Crippen molar-refractivity contribution < 1.29 is 14.3 Å². The fourth-order valence-electron chi connectivity index (χ4n) is 2.62.